The summed E-state index contributed by atoms with van der Waals surface area (Å²) in [6, 6.07) is 19.2. The molecule has 0 aliphatic carbocycles. The first kappa shape index (κ1) is 21.9. The number of carbonyl (C=O) groups excluding carboxylic acids is 2. The Bertz CT molecular complexity index is 1260. The van der Waals surface area contributed by atoms with Crippen LogP contribution in [0.3, 0.4) is 0 Å². The summed E-state index contributed by atoms with van der Waals surface area (Å²) >= 11 is 12.2. The Morgan fingerprint density at radius 1 is 0.938 bits per heavy atom. The Hall–Kier alpha value is -3.35. The number of fused-ring (bicyclic) bond motifs is 1. The third kappa shape index (κ3) is 5.28. The lowest BCUT2D eigenvalue weighted by atomic mass is 10.0. The molecule has 2 N–H and O–H groups in total. The van der Waals surface area contributed by atoms with Gasteiger partial charge in [-0.3, -0.25) is 9.59 Å². The molecule has 6 nitrogen and oxygen atoms in total. The van der Waals surface area contributed by atoms with Crippen molar-refractivity contribution in [2.24, 2.45) is 0 Å². The number of imidazole rings is 1. The number of nitrogens with one attached hydrogen (secondary N) is 2. The third-order valence-electron chi connectivity index (χ3n) is 4.95. The standard InChI is InChI=1S/C24H20Cl2N4O2/c25-17-10-11-22-28-18(15-30(22)14-17)13-27-23(31)12-21(16-6-2-1-3-7-16)29-24(32)19-8-4-5-9-20(19)26/h1-11,14-15,21H,12-13H2,(H,27,31)(H,29,32)/t21-/m1/s1. The maximum atomic E-state index is 12.8. The lowest BCUT2D eigenvalue weighted by Gasteiger charge is -2.19. The molecule has 0 spiro atoms. The molecule has 32 heavy (non-hydrogen) atoms. The van der Waals surface area contributed by atoms with E-state index in [0.717, 1.165) is 11.2 Å². The zero-order chi connectivity index (χ0) is 22.5. The van der Waals surface area contributed by atoms with Crippen molar-refractivity contribution in [3.63, 3.8) is 0 Å². The first-order chi connectivity index (χ1) is 15.5. The molecule has 2 heterocycles. The molecule has 2 amide bonds. The van der Waals surface area contributed by atoms with Crippen molar-refractivity contribution in [3.8, 4) is 0 Å². The Kier molecular flexibility index (Phi) is 6.73. The molecule has 2 aromatic heterocycles. The highest BCUT2D eigenvalue weighted by atomic mass is 35.5. The highest BCUT2D eigenvalue weighted by Gasteiger charge is 2.20. The maximum Gasteiger partial charge on any atom is 0.253 e. The van der Waals surface area contributed by atoms with Crippen LogP contribution in [0.15, 0.2) is 79.1 Å². The fourth-order valence-electron chi connectivity index (χ4n) is 3.37. The van der Waals surface area contributed by atoms with Gasteiger partial charge in [0.25, 0.3) is 5.91 Å². The monoisotopic (exact) mass is 466 g/mol. The molecule has 0 unspecified atom stereocenters. The molecule has 0 saturated heterocycles. The summed E-state index contributed by atoms with van der Waals surface area (Å²) in [4.78, 5) is 30.0. The number of nitrogens with zero attached hydrogens (tertiary/aromatic N) is 2. The molecule has 0 bridgehead atoms. The van der Waals surface area contributed by atoms with Gasteiger partial charge in [-0.1, -0.05) is 65.7 Å². The van der Waals surface area contributed by atoms with Crippen LogP contribution in [0.25, 0.3) is 5.65 Å². The number of rotatable bonds is 7. The summed E-state index contributed by atoms with van der Waals surface area (Å²) in [7, 11) is 0. The minimum Gasteiger partial charge on any atom is -0.350 e. The zero-order valence-corrected chi connectivity index (χ0v) is 18.5. The first-order valence-corrected chi connectivity index (χ1v) is 10.8. The van der Waals surface area contributed by atoms with Gasteiger partial charge in [0.1, 0.15) is 5.65 Å². The van der Waals surface area contributed by atoms with E-state index in [4.69, 9.17) is 23.2 Å². The lowest BCUT2D eigenvalue weighted by molar-refractivity contribution is -0.121. The van der Waals surface area contributed by atoms with E-state index in [1.54, 1.807) is 40.9 Å². The van der Waals surface area contributed by atoms with Crippen molar-refractivity contribution < 1.29 is 9.59 Å². The molecular weight excluding hydrogens is 447 g/mol. The molecule has 0 fully saturated rings. The molecule has 4 rings (SSSR count). The van der Waals surface area contributed by atoms with Gasteiger partial charge in [0, 0.05) is 12.4 Å². The van der Waals surface area contributed by atoms with Gasteiger partial charge in [-0.2, -0.15) is 0 Å². The molecule has 4 aromatic rings. The van der Waals surface area contributed by atoms with E-state index in [2.05, 4.69) is 15.6 Å². The second-order valence-electron chi connectivity index (χ2n) is 7.24. The topological polar surface area (TPSA) is 75.5 Å². The van der Waals surface area contributed by atoms with Crippen molar-refractivity contribution in [2.45, 2.75) is 19.0 Å². The number of carbonyl (C=O) groups is 2. The number of halogens is 2. The van der Waals surface area contributed by atoms with Gasteiger partial charge < -0.3 is 15.0 Å². The van der Waals surface area contributed by atoms with Gasteiger partial charge >= 0.3 is 0 Å². The number of hydrogen-bond acceptors (Lipinski definition) is 3. The molecule has 0 aliphatic rings. The molecule has 0 radical (unpaired) electrons. The quantitative estimate of drug-likeness (QED) is 0.409. The van der Waals surface area contributed by atoms with Gasteiger partial charge in [0.05, 0.1) is 40.3 Å². The Balaban J connectivity index is 1.44. The highest BCUT2D eigenvalue weighted by molar-refractivity contribution is 6.33. The highest BCUT2D eigenvalue weighted by Crippen LogP contribution is 2.20. The average molecular weight is 467 g/mol. The third-order valence-corrected chi connectivity index (χ3v) is 5.50. The number of hydrogen-bond donors (Lipinski definition) is 2. The lowest BCUT2D eigenvalue weighted by Crippen LogP contribution is -2.33. The Morgan fingerprint density at radius 3 is 2.47 bits per heavy atom. The number of pyridine rings is 1. The molecule has 0 aliphatic heterocycles. The Labute approximate surface area is 195 Å². The minimum absolute atomic E-state index is 0.0689. The molecule has 162 valence electrons. The van der Waals surface area contributed by atoms with Crippen LogP contribution < -0.4 is 10.6 Å². The van der Waals surface area contributed by atoms with Gasteiger partial charge in [-0.25, -0.2) is 4.98 Å². The fourth-order valence-corrected chi connectivity index (χ4v) is 3.76. The normalized spacial score (nSPS) is 11.8. The van der Waals surface area contributed by atoms with Crippen molar-refractivity contribution in [1.82, 2.24) is 20.0 Å². The van der Waals surface area contributed by atoms with E-state index in [1.807, 2.05) is 42.6 Å². The number of benzene rings is 2. The van der Waals surface area contributed by atoms with E-state index in [9.17, 15) is 9.59 Å². The minimum atomic E-state index is -0.514. The van der Waals surface area contributed by atoms with Crippen LogP contribution >= 0.6 is 23.2 Å². The molecule has 1 atom stereocenters. The summed E-state index contributed by atoms with van der Waals surface area (Å²) in [6.07, 6.45) is 3.64. The largest absolute Gasteiger partial charge is 0.350 e. The summed E-state index contributed by atoms with van der Waals surface area (Å²) in [6.45, 7) is 0.262. The maximum absolute atomic E-state index is 12.8. The van der Waals surface area contributed by atoms with Crippen LogP contribution in [0, 0.1) is 0 Å². The molecule has 0 saturated carbocycles. The Morgan fingerprint density at radius 2 is 1.69 bits per heavy atom. The van der Waals surface area contributed by atoms with Crippen molar-refractivity contribution in [1.29, 1.82) is 0 Å². The van der Waals surface area contributed by atoms with Crippen LogP contribution in [0.1, 0.15) is 34.1 Å². The second-order valence-corrected chi connectivity index (χ2v) is 8.09. The van der Waals surface area contributed by atoms with Crippen LogP contribution in [0.5, 0.6) is 0 Å². The summed E-state index contributed by atoms with van der Waals surface area (Å²) < 4.78 is 1.81. The van der Waals surface area contributed by atoms with Crippen LogP contribution in [0.2, 0.25) is 10.0 Å². The van der Waals surface area contributed by atoms with E-state index >= 15 is 0 Å². The van der Waals surface area contributed by atoms with Crippen molar-refractivity contribution >= 4 is 40.7 Å². The number of amides is 2. The average Bonchev–Trinajstić information content (AvgIpc) is 3.20. The first-order valence-electron chi connectivity index (χ1n) is 10.00. The summed E-state index contributed by atoms with van der Waals surface area (Å²) in [5.74, 6) is -0.553. The SMILES string of the molecule is O=C(C[C@@H](NC(=O)c1ccccc1Cl)c1ccccc1)NCc1cn2cc(Cl)ccc2n1. The number of aromatic nitrogens is 2. The predicted molar refractivity (Wildman–Crippen MR) is 125 cm³/mol. The van der Waals surface area contributed by atoms with E-state index in [-0.39, 0.29) is 24.8 Å². The van der Waals surface area contributed by atoms with Crippen LogP contribution in [-0.2, 0) is 11.3 Å². The van der Waals surface area contributed by atoms with Crippen LogP contribution in [0.4, 0.5) is 0 Å². The predicted octanol–water partition coefficient (Wildman–Crippen LogP) is 4.82. The smallest absolute Gasteiger partial charge is 0.253 e. The molecule has 8 heteroatoms. The van der Waals surface area contributed by atoms with Gasteiger partial charge in [-0.15, -0.1) is 0 Å². The fraction of sp³-hybridized carbons (Fsp3) is 0.125. The van der Waals surface area contributed by atoms with E-state index < -0.39 is 6.04 Å². The molecular formula is C24H20Cl2N4O2. The zero-order valence-electron chi connectivity index (χ0n) is 17.0. The summed E-state index contributed by atoms with van der Waals surface area (Å²) in [5.41, 5.74) is 2.63. The van der Waals surface area contributed by atoms with Crippen LogP contribution in [-0.4, -0.2) is 21.2 Å². The summed E-state index contributed by atoms with van der Waals surface area (Å²) in [5, 5.41) is 6.76. The van der Waals surface area contributed by atoms with Crippen molar-refractivity contribution in [2.75, 3.05) is 0 Å². The van der Waals surface area contributed by atoms with E-state index in [0.29, 0.717) is 21.3 Å². The van der Waals surface area contributed by atoms with Crippen molar-refractivity contribution in [3.05, 3.63) is 106 Å². The van der Waals surface area contributed by atoms with Gasteiger partial charge in [-0.05, 0) is 29.8 Å². The van der Waals surface area contributed by atoms with Gasteiger partial charge in [0.15, 0.2) is 0 Å². The van der Waals surface area contributed by atoms with E-state index in [1.165, 1.54) is 0 Å². The second kappa shape index (κ2) is 9.85. The molecule has 2 aromatic carbocycles. The van der Waals surface area contributed by atoms with Gasteiger partial charge in [0.2, 0.25) is 5.91 Å².